The minimum atomic E-state index is 0. The molecule has 87 valence electrons. The molecule has 2 N–H and O–H groups in total. The van der Waals surface area contributed by atoms with Crippen molar-refractivity contribution in [2.24, 2.45) is 11.3 Å². The maximum absolute atomic E-state index is 8.53. The first kappa shape index (κ1) is 20.0. The van der Waals surface area contributed by atoms with Crippen LogP contribution in [0.4, 0.5) is 0 Å². The largest absolute Gasteiger partial charge is 0.396 e. The van der Waals surface area contributed by atoms with Crippen LogP contribution < -0.4 is 0 Å². The molecule has 3 heteroatoms. The van der Waals surface area contributed by atoms with Gasteiger partial charge in [0.25, 0.3) is 0 Å². The van der Waals surface area contributed by atoms with Crippen LogP contribution in [0.1, 0.15) is 47.5 Å². The molecule has 0 aliphatic rings. The molecule has 2 nitrogen and oxygen atoms in total. The molecule has 0 atom stereocenters. The van der Waals surface area contributed by atoms with Crippen LogP contribution in [0.25, 0.3) is 0 Å². The Balaban J connectivity index is -0.000000163. The van der Waals surface area contributed by atoms with E-state index in [-0.39, 0.29) is 30.6 Å². The van der Waals surface area contributed by atoms with Crippen molar-refractivity contribution in [3.8, 4) is 0 Å². The van der Waals surface area contributed by atoms with E-state index in [1.807, 2.05) is 20.8 Å². The fourth-order valence-electron chi connectivity index (χ4n) is 0.547. The van der Waals surface area contributed by atoms with Crippen molar-refractivity contribution in [2.45, 2.75) is 47.5 Å². The van der Waals surface area contributed by atoms with Gasteiger partial charge >= 0.3 is 0 Å². The van der Waals surface area contributed by atoms with Crippen LogP contribution in [-0.4, -0.2) is 23.4 Å². The summed E-state index contributed by atoms with van der Waals surface area (Å²) in [6, 6.07) is 0. The van der Waals surface area contributed by atoms with E-state index in [1.54, 1.807) is 0 Å². The molecule has 0 rings (SSSR count). The molecule has 1 radical (unpaired) electrons. The van der Waals surface area contributed by atoms with E-state index in [0.29, 0.717) is 12.5 Å². The van der Waals surface area contributed by atoms with Crippen molar-refractivity contribution < 1.29 is 28.8 Å². The minimum Gasteiger partial charge on any atom is -0.396 e. The molecular formula is C11H26O2V. The van der Waals surface area contributed by atoms with Crippen molar-refractivity contribution in [3.05, 3.63) is 0 Å². The summed E-state index contributed by atoms with van der Waals surface area (Å²) < 4.78 is 0. The molecule has 0 aromatic rings. The first-order chi connectivity index (χ1) is 5.91. The van der Waals surface area contributed by atoms with Gasteiger partial charge in [-0.3, -0.25) is 0 Å². The van der Waals surface area contributed by atoms with E-state index in [9.17, 15) is 0 Å². The summed E-state index contributed by atoms with van der Waals surface area (Å²) in [7, 11) is 0. The Hall–Kier alpha value is 0.504. The normalized spacial score (nSPS) is 10.3. The van der Waals surface area contributed by atoms with Crippen molar-refractivity contribution in [1.82, 2.24) is 0 Å². The smallest absolute Gasteiger partial charge is 0.0479 e. The Morgan fingerprint density at radius 3 is 1.29 bits per heavy atom. The summed E-state index contributed by atoms with van der Waals surface area (Å²) >= 11 is 0. The minimum absolute atomic E-state index is 0. The first-order valence-electron chi connectivity index (χ1n) is 5.12. The van der Waals surface area contributed by atoms with E-state index in [1.165, 1.54) is 0 Å². The van der Waals surface area contributed by atoms with Crippen molar-refractivity contribution in [1.29, 1.82) is 0 Å². The zero-order valence-electron chi connectivity index (χ0n) is 10.2. The van der Waals surface area contributed by atoms with E-state index >= 15 is 0 Å². The van der Waals surface area contributed by atoms with Gasteiger partial charge in [-0.05, 0) is 11.3 Å². The van der Waals surface area contributed by atoms with Gasteiger partial charge in [-0.15, -0.1) is 0 Å². The summed E-state index contributed by atoms with van der Waals surface area (Å²) in [5, 5.41) is 16.9. The first-order valence-corrected chi connectivity index (χ1v) is 5.12. The number of hydrogen-bond acceptors (Lipinski definition) is 2. The Kier molecular flexibility index (Phi) is 16.5. The topological polar surface area (TPSA) is 40.5 Å². The van der Waals surface area contributed by atoms with Crippen LogP contribution in [0.3, 0.4) is 0 Å². The van der Waals surface area contributed by atoms with E-state index < -0.39 is 0 Å². The van der Waals surface area contributed by atoms with E-state index in [0.717, 1.165) is 12.8 Å². The van der Waals surface area contributed by atoms with Crippen LogP contribution in [0, 0.1) is 11.3 Å². The number of aliphatic hydroxyl groups is 2. The number of rotatable bonds is 3. The Labute approximate surface area is 101 Å². The summed E-state index contributed by atoms with van der Waals surface area (Å²) in [5.41, 5.74) is 0.0972. The second kappa shape index (κ2) is 11.6. The third-order valence-electron chi connectivity index (χ3n) is 1.89. The predicted octanol–water partition coefficient (Wildman–Crippen LogP) is 2.44. The molecule has 0 aromatic heterocycles. The predicted molar refractivity (Wildman–Crippen MR) is 57.7 cm³/mol. The maximum atomic E-state index is 8.53. The van der Waals surface area contributed by atoms with E-state index in [4.69, 9.17) is 10.2 Å². The van der Waals surface area contributed by atoms with Gasteiger partial charge in [-0.25, -0.2) is 0 Å². The van der Waals surface area contributed by atoms with Crippen LogP contribution in [-0.2, 0) is 18.6 Å². The molecule has 0 heterocycles. The molecule has 0 aromatic carbocycles. The van der Waals surface area contributed by atoms with Crippen LogP contribution in [0.15, 0.2) is 0 Å². The van der Waals surface area contributed by atoms with Gasteiger partial charge in [0.15, 0.2) is 0 Å². The second-order valence-electron chi connectivity index (χ2n) is 4.58. The summed E-state index contributed by atoms with van der Waals surface area (Å²) in [5.74, 6) is 0.542. The zero-order chi connectivity index (χ0) is 10.9. The Morgan fingerprint density at radius 2 is 1.29 bits per heavy atom. The fraction of sp³-hybridized carbons (Fsp3) is 1.00. The number of hydrogen-bond donors (Lipinski definition) is 2. The molecule has 14 heavy (non-hydrogen) atoms. The number of aliphatic hydroxyl groups excluding tert-OH is 2. The monoisotopic (exact) mass is 241 g/mol. The third-order valence-corrected chi connectivity index (χ3v) is 1.89. The fourth-order valence-corrected chi connectivity index (χ4v) is 0.547. The quantitative estimate of drug-likeness (QED) is 0.796. The molecular weight excluding hydrogens is 215 g/mol. The average molecular weight is 241 g/mol. The van der Waals surface area contributed by atoms with Gasteiger partial charge in [0.1, 0.15) is 0 Å². The summed E-state index contributed by atoms with van der Waals surface area (Å²) in [4.78, 5) is 0. The van der Waals surface area contributed by atoms with Crippen LogP contribution in [0.2, 0.25) is 0 Å². The SMILES string of the molecule is CC(C)(C)CO.CCC(CC)CO.[V]. The van der Waals surface area contributed by atoms with Gasteiger partial charge in [0.05, 0.1) is 0 Å². The molecule has 0 unspecified atom stereocenters. The van der Waals surface area contributed by atoms with Gasteiger partial charge in [-0.2, -0.15) is 0 Å². The second-order valence-corrected chi connectivity index (χ2v) is 4.58. The van der Waals surface area contributed by atoms with Crippen LogP contribution >= 0.6 is 0 Å². The molecule has 0 bridgehead atoms. The van der Waals surface area contributed by atoms with Gasteiger partial charge in [-0.1, -0.05) is 47.5 Å². The molecule has 0 saturated heterocycles. The zero-order valence-corrected chi connectivity index (χ0v) is 11.6. The van der Waals surface area contributed by atoms with E-state index in [2.05, 4.69) is 13.8 Å². The third kappa shape index (κ3) is 18.3. The molecule has 0 aliphatic carbocycles. The Bertz CT molecular complexity index is 90.4. The van der Waals surface area contributed by atoms with Crippen molar-refractivity contribution in [3.63, 3.8) is 0 Å². The molecule has 0 amide bonds. The molecule has 0 saturated carbocycles. The summed E-state index contributed by atoms with van der Waals surface area (Å²) in [6.45, 7) is 10.8. The van der Waals surface area contributed by atoms with Gasteiger partial charge < -0.3 is 10.2 Å². The van der Waals surface area contributed by atoms with Crippen LogP contribution in [0.5, 0.6) is 0 Å². The van der Waals surface area contributed by atoms with Crippen molar-refractivity contribution >= 4 is 0 Å². The molecule has 0 fully saturated rings. The van der Waals surface area contributed by atoms with Gasteiger partial charge in [0.2, 0.25) is 0 Å². The standard InChI is InChI=1S/C6H14O.C5H12O.V/c1-3-6(4-2)5-7;1-5(2,3)4-6;/h6-7H,3-5H2,1-2H3;6H,4H2,1-3H3;. The molecule has 0 aliphatic heterocycles. The average Bonchev–Trinajstić information content (AvgIpc) is 2.07. The maximum Gasteiger partial charge on any atom is 0.0479 e. The Morgan fingerprint density at radius 1 is 1.00 bits per heavy atom. The van der Waals surface area contributed by atoms with Gasteiger partial charge in [0, 0.05) is 31.8 Å². The molecule has 0 spiro atoms. The summed E-state index contributed by atoms with van der Waals surface area (Å²) in [6.07, 6.45) is 2.21. The van der Waals surface area contributed by atoms with Crippen molar-refractivity contribution in [2.75, 3.05) is 13.2 Å².